The molecular formula is C22H21FNO+. The lowest BCUT2D eigenvalue weighted by atomic mass is 9.97. The fourth-order valence-electron chi connectivity index (χ4n) is 3.25. The van der Waals surface area contributed by atoms with E-state index in [0.717, 1.165) is 27.6 Å². The molecule has 0 spiro atoms. The van der Waals surface area contributed by atoms with Crippen LogP contribution in [0, 0.1) is 12.7 Å². The van der Waals surface area contributed by atoms with Crippen LogP contribution >= 0.6 is 0 Å². The molecule has 25 heavy (non-hydrogen) atoms. The molecule has 1 unspecified atom stereocenters. The second kappa shape index (κ2) is 5.69. The number of fused-ring (bicyclic) bond motifs is 3. The van der Waals surface area contributed by atoms with E-state index < -0.39 is 12.7 Å². The van der Waals surface area contributed by atoms with Gasteiger partial charge in [0.05, 0.1) is 5.56 Å². The molecule has 0 radical (unpaired) electrons. The third-order valence-corrected chi connectivity index (χ3v) is 4.64. The maximum atomic E-state index is 13.6. The van der Waals surface area contributed by atoms with E-state index in [2.05, 4.69) is 0 Å². The first kappa shape index (κ1) is 11.8. The summed E-state index contributed by atoms with van der Waals surface area (Å²) in [6.07, 6.45) is 1.76. The van der Waals surface area contributed by atoms with Crippen molar-refractivity contribution in [2.24, 2.45) is 7.05 Å². The van der Waals surface area contributed by atoms with Crippen LogP contribution in [0.15, 0.2) is 53.1 Å². The lowest BCUT2D eigenvalue weighted by Crippen LogP contribution is -2.30. The van der Waals surface area contributed by atoms with Crippen LogP contribution in [0.2, 0.25) is 0 Å². The van der Waals surface area contributed by atoms with Crippen LogP contribution in [0.3, 0.4) is 0 Å². The summed E-state index contributed by atoms with van der Waals surface area (Å²) in [7, 11) is 1.87. The van der Waals surface area contributed by atoms with E-state index in [4.69, 9.17) is 9.90 Å². The number of aromatic nitrogens is 1. The van der Waals surface area contributed by atoms with E-state index in [1.165, 1.54) is 19.1 Å². The molecule has 0 bridgehead atoms. The van der Waals surface area contributed by atoms with E-state index >= 15 is 0 Å². The summed E-state index contributed by atoms with van der Waals surface area (Å²) in [5.74, 6) is -2.09. The van der Waals surface area contributed by atoms with Crippen LogP contribution in [0.1, 0.15) is 36.3 Å². The van der Waals surface area contributed by atoms with Gasteiger partial charge < -0.3 is 4.42 Å². The topological polar surface area (TPSA) is 17.0 Å². The van der Waals surface area contributed by atoms with Gasteiger partial charge in [0.15, 0.2) is 6.20 Å². The maximum Gasteiger partial charge on any atom is 0.212 e. The van der Waals surface area contributed by atoms with Crippen molar-refractivity contribution in [2.45, 2.75) is 26.6 Å². The van der Waals surface area contributed by atoms with E-state index in [0.29, 0.717) is 16.7 Å². The molecule has 4 rings (SSSR count). The van der Waals surface area contributed by atoms with Gasteiger partial charge in [0.25, 0.3) is 0 Å². The van der Waals surface area contributed by atoms with Crippen molar-refractivity contribution in [1.29, 1.82) is 0 Å². The Labute approximate surface area is 152 Å². The molecule has 0 fully saturated rings. The Bertz CT molecular complexity index is 1260. The van der Waals surface area contributed by atoms with Crippen LogP contribution in [-0.4, -0.2) is 0 Å². The number of hydrogen-bond acceptors (Lipinski definition) is 1. The molecular weight excluding hydrogens is 313 g/mol. The van der Waals surface area contributed by atoms with Gasteiger partial charge in [-0.05, 0) is 48.2 Å². The second-order valence-corrected chi connectivity index (χ2v) is 6.44. The minimum atomic E-state index is -2.45. The van der Waals surface area contributed by atoms with Gasteiger partial charge in [0, 0.05) is 34.5 Å². The molecule has 0 aliphatic carbocycles. The van der Waals surface area contributed by atoms with Crippen molar-refractivity contribution in [3.05, 3.63) is 65.6 Å². The van der Waals surface area contributed by atoms with Crippen molar-refractivity contribution in [1.82, 2.24) is 0 Å². The Hall–Kier alpha value is -2.68. The second-order valence-electron chi connectivity index (χ2n) is 6.44. The monoisotopic (exact) mass is 338 g/mol. The smallest absolute Gasteiger partial charge is 0.212 e. The molecule has 1 atom stereocenters. The maximum absolute atomic E-state index is 13.6. The van der Waals surface area contributed by atoms with E-state index in [9.17, 15) is 4.39 Å². The average Bonchev–Trinajstić information content (AvgIpc) is 2.96. The largest absolute Gasteiger partial charge is 0.456 e. The van der Waals surface area contributed by atoms with Gasteiger partial charge in [-0.15, -0.1) is 0 Å². The molecule has 0 amide bonds. The zero-order valence-corrected chi connectivity index (χ0v) is 14.4. The number of benzene rings is 2. The normalized spacial score (nSPS) is 17.0. The number of halogens is 1. The van der Waals surface area contributed by atoms with Crippen molar-refractivity contribution in [2.75, 3.05) is 0 Å². The number of pyridine rings is 1. The van der Waals surface area contributed by atoms with Crippen LogP contribution in [-0.2, 0) is 7.05 Å². The van der Waals surface area contributed by atoms with Crippen molar-refractivity contribution in [3.63, 3.8) is 0 Å². The quantitative estimate of drug-likeness (QED) is 0.432. The first-order chi connectivity index (χ1) is 13.5. The fraction of sp³-hybridized carbons (Fsp3) is 0.227. The van der Waals surface area contributed by atoms with Gasteiger partial charge in [0.1, 0.15) is 24.0 Å². The Morgan fingerprint density at radius 3 is 2.72 bits per heavy atom. The molecule has 2 heterocycles. The van der Waals surface area contributed by atoms with Gasteiger partial charge in [-0.25, -0.2) is 8.96 Å². The van der Waals surface area contributed by atoms with E-state index in [1.54, 1.807) is 24.4 Å². The highest BCUT2D eigenvalue weighted by Gasteiger charge is 2.18. The highest BCUT2D eigenvalue weighted by atomic mass is 19.1. The third-order valence-electron chi connectivity index (χ3n) is 4.64. The Kier molecular flexibility index (Phi) is 2.69. The number of rotatable bonds is 2. The summed E-state index contributed by atoms with van der Waals surface area (Å²) < 4.78 is 52.9. The number of aryl methyl sites for hydroxylation is 2. The van der Waals surface area contributed by atoms with Gasteiger partial charge in [0.2, 0.25) is 5.69 Å². The van der Waals surface area contributed by atoms with Gasteiger partial charge in [-0.2, -0.15) is 0 Å². The van der Waals surface area contributed by atoms with Crippen molar-refractivity contribution in [3.8, 4) is 11.3 Å². The zero-order chi connectivity index (χ0) is 21.1. The summed E-state index contributed by atoms with van der Waals surface area (Å²) in [6.45, 7) is 0.919. The van der Waals surface area contributed by atoms with Crippen LogP contribution in [0.4, 0.5) is 4.39 Å². The summed E-state index contributed by atoms with van der Waals surface area (Å²) in [5.41, 5.74) is 4.13. The summed E-state index contributed by atoms with van der Waals surface area (Å²) in [4.78, 5) is 0. The average molecular weight is 338 g/mol. The standard InChI is InChI=1S/C22H21FNO/c1-13(2)15-7-8-24(4)20(10-15)18-12-22-19(9-14(18)3)17-6-5-16(23)11-21(17)25-22/h5-13H,1-4H3/q+1/i1D3,13D. The molecule has 2 aromatic carbocycles. The van der Waals surface area contributed by atoms with Gasteiger partial charge in [-0.1, -0.05) is 13.8 Å². The first-order valence-electron chi connectivity index (χ1n) is 10.1. The molecule has 3 heteroatoms. The van der Waals surface area contributed by atoms with Crippen molar-refractivity contribution >= 4 is 21.9 Å². The lowest BCUT2D eigenvalue weighted by Gasteiger charge is -2.09. The number of hydrogen-bond donors (Lipinski definition) is 0. The SMILES string of the molecule is [2H]C([2H])([2H])C([2H])(C)c1cc[n+](C)c(-c2cc3oc4cc(F)ccc4c3cc2C)c1. The molecule has 0 aliphatic rings. The van der Waals surface area contributed by atoms with E-state index in [-0.39, 0.29) is 5.82 Å². The molecule has 4 aromatic rings. The highest BCUT2D eigenvalue weighted by Crippen LogP contribution is 2.34. The molecule has 2 nitrogen and oxygen atoms in total. The minimum Gasteiger partial charge on any atom is -0.456 e. The summed E-state index contributed by atoms with van der Waals surface area (Å²) in [6, 6.07) is 11.8. The van der Waals surface area contributed by atoms with E-state index in [1.807, 2.05) is 30.7 Å². The van der Waals surface area contributed by atoms with Crippen LogP contribution < -0.4 is 4.57 Å². The van der Waals surface area contributed by atoms with Crippen LogP contribution in [0.25, 0.3) is 33.2 Å². The molecule has 0 saturated heterocycles. The van der Waals surface area contributed by atoms with Gasteiger partial charge >= 0.3 is 0 Å². The lowest BCUT2D eigenvalue weighted by molar-refractivity contribution is -0.660. The third kappa shape index (κ3) is 2.60. The zero-order valence-electron chi connectivity index (χ0n) is 18.4. The molecule has 2 aromatic heterocycles. The fourth-order valence-corrected chi connectivity index (χ4v) is 3.25. The minimum absolute atomic E-state index is 0.355. The predicted molar refractivity (Wildman–Crippen MR) is 99.1 cm³/mol. The molecule has 0 saturated carbocycles. The predicted octanol–water partition coefficient (Wildman–Crippen LogP) is 5.65. The number of furan rings is 1. The van der Waals surface area contributed by atoms with Gasteiger partial charge in [-0.3, -0.25) is 0 Å². The summed E-state index contributed by atoms with van der Waals surface area (Å²) >= 11 is 0. The molecule has 0 aliphatic heterocycles. The first-order valence-corrected chi connectivity index (χ1v) is 8.12. The number of nitrogens with zero attached hydrogens (tertiary/aromatic N) is 1. The Morgan fingerprint density at radius 2 is 1.92 bits per heavy atom. The highest BCUT2D eigenvalue weighted by molar-refractivity contribution is 6.06. The summed E-state index contributed by atoms with van der Waals surface area (Å²) in [5, 5.41) is 1.74. The molecule has 0 N–H and O–H groups in total. The Morgan fingerprint density at radius 1 is 1.12 bits per heavy atom. The molecule has 126 valence electrons. The Balaban J connectivity index is 1.93. The van der Waals surface area contributed by atoms with Crippen LogP contribution in [0.5, 0.6) is 0 Å². The van der Waals surface area contributed by atoms with Crippen molar-refractivity contribution < 1.29 is 18.9 Å².